The molecular weight excluding hydrogens is 188 g/mol. The molecule has 0 aliphatic rings. The molecule has 0 rings (SSSR count). The predicted molar refractivity (Wildman–Crippen MR) is 66.3 cm³/mol. The quantitative estimate of drug-likeness (QED) is 0.701. The van der Waals surface area contributed by atoms with E-state index in [1.807, 2.05) is 0 Å². The molecule has 0 heterocycles. The van der Waals surface area contributed by atoms with Crippen LogP contribution in [0.25, 0.3) is 0 Å². The van der Waals surface area contributed by atoms with E-state index >= 15 is 0 Å². The highest BCUT2D eigenvalue weighted by Crippen LogP contribution is 2.15. The zero-order valence-electron chi connectivity index (χ0n) is 11.4. The Balaban J connectivity index is 3.87. The van der Waals surface area contributed by atoms with Crippen LogP contribution in [-0.2, 0) is 4.74 Å². The number of nitrogens with zero attached hydrogens (tertiary/aromatic N) is 1. The van der Waals surface area contributed by atoms with Crippen molar-refractivity contribution >= 4 is 0 Å². The van der Waals surface area contributed by atoms with Crippen LogP contribution in [0.2, 0.25) is 0 Å². The third-order valence-corrected chi connectivity index (χ3v) is 2.56. The Bertz CT molecular complexity index is 169. The van der Waals surface area contributed by atoms with Gasteiger partial charge in [0.1, 0.15) is 0 Å². The molecule has 0 radical (unpaired) electrons. The van der Waals surface area contributed by atoms with Crippen LogP contribution in [0.3, 0.4) is 0 Å². The summed E-state index contributed by atoms with van der Waals surface area (Å²) in [6.45, 7) is 9.75. The molecule has 0 aliphatic carbocycles. The summed E-state index contributed by atoms with van der Waals surface area (Å²) in [4.78, 5) is 2.20. The first-order chi connectivity index (χ1) is 6.76. The second-order valence-electron chi connectivity index (χ2n) is 5.40. The van der Waals surface area contributed by atoms with Crippen LogP contribution in [0.1, 0.15) is 34.1 Å². The standard InChI is InChI=1S/C12H28N2O/c1-10(8-12(3,4)15-7)13-11(2)9-14(5)6/h10-11,13H,8-9H2,1-7H3. The molecule has 3 heteroatoms. The molecule has 15 heavy (non-hydrogen) atoms. The minimum absolute atomic E-state index is 0.0374. The van der Waals surface area contributed by atoms with Crippen LogP contribution >= 0.6 is 0 Å². The average molecular weight is 216 g/mol. The van der Waals surface area contributed by atoms with E-state index in [1.54, 1.807) is 7.11 Å². The van der Waals surface area contributed by atoms with Crippen molar-refractivity contribution in [1.82, 2.24) is 10.2 Å². The fourth-order valence-electron chi connectivity index (χ4n) is 1.97. The Morgan fingerprint density at radius 1 is 1.20 bits per heavy atom. The first-order valence-electron chi connectivity index (χ1n) is 5.73. The minimum atomic E-state index is -0.0374. The molecule has 0 spiro atoms. The van der Waals surface area contributed by atoms with Gasteiger partial charge in [-0.1, -0.05) is 0 Å². The summed E-state index contributed by atoms with van der Waals surface area (Å²) in [5.41, 5.74) is -0.0374. The van der Waals surface area contributed by atoms with Gasteiger partial charge in [-0.15, -0.1) is 0 Å². The number of ether oxygens (including phenoxy) is 1. The molecule has 0 aromatic heterocycles. The predicted octanol–water partition coefficient (Wildman–Crippen LogP) is 1.73. The van der Waals surface area contributed by atoms with Crippen LogP contribution in [0, 0.1) is 0 Å². The molecule has 0 aliphatic heterocycles. The summed E-state index contributed by atoms with van der Waals surface area (Å²) in [6.07, 6.45) is 1.03. The van der Waals surface area contributed by atoms with Crippen molar-refractivity contribution in [1.29, 1.82) is 0 Å². The van der Waals surface area contributed by atoms with E-state index in [0.29, 0.717) is 12.1 Å². The lowest BCUT2D eigenvalue weighted by Crippen LogP contribution is -2.43. The summed E-state index contributed by atoms with van der Waals surface area (Å²) in [5, 5.41) is 3.58. The average Bonchev–Trinajstić information content (AvgIpc) is 2.00. The van der Waals surface area contributed by atoms with Crippen LogP contribution < -0.4 is 5.32 Å². The number of hydrogen-bond donors (Lipinski definition) is 1. The summed E-state index contributed by atoms with van der Waals surface area (Å²) < 4.78 is 5.42. The Morgan fingerprint density at radius 2 is 1.73 bits per heavy atom. The minimum Gasteiger partial charge on any atom is -0.379 e. The third kappa shape index (κ3) is 7.77. The summed E-state index contributed by atoms with van der Waals surface area (Å²) in [5.74, 6) is 0. The molecule has 2 atom stereocenters. The second-order valence-corrected chi connectivity index (χ2v) is 5.40. The van der Waals surface area contributed by atoms with Gasteiger partial charge >= 0.3 is 0 Å². The molecule has 0 bridgehead atoms. The lowest BCUT2D eigenvalue weighted by atomic mass is 9.99. The maximum absolute atomic E-state index is 5.42. The van der Waals surface area contributed by atoms with Gasteiger partial charge in [0.25, 0.3) is 0 Å². The Labute approximate surface area is 95.2 Å². The molecule has 3 nitrogen and oxygen atoms in total. The zero-order valence-corrected chi connectivity index (χ0v) is 11.4. The van der Waals surface area contributed by atoms with Crippen molar-refractivity contribution in [3.63, 3.8) is 0 Å². The first kappa shape index (κ1) is 14.9. The van der Waals surface area contributed by atoms with Crippen molar-refractivity contribution in [3.8, 4) is 0 Å². The van der Waals surface area contributed by atoms with Crippen LogP contribution in [0.15, 0.2) is 0 Å². The van der Waals surface area contributed by atoms with Crippen molar-refractivity contribution < 1.29 is 4.74 Å². The highest BCUT2D eigenvalue weighted by molar-refractivity contribution is 4.77. The molecule has 1 N–H and O–H groups in total. The van der Waals surface area contributed by atoms with Crippen molar-refractivity contribution in [3.05, 3.63) is 0 Å². The molecule has 0 saturated carbocycles. The van der Waals surface area contributed by atoms with Crippen molar-refractivity contribution in [2.75, 3.05) is 27.7 Å². The second kappa shape index (κ2) is 6.46. The van der Waals surface area contributed by atoms with Crippen LogP contribution in [-0.4, -0.2) is 50.3 Å². The molecule has 2 unspecified atom stereocenters. The highest BCUT2D eigenvalue weighted by atomic mass is 16.5. The Hall–Kier alpha value is -0.120. The van der Waals surface area contributed by atoms with E-state index in [4.69, 9.17) is 4.74 Å². The van der Waals surface area contributed by atoms with Crippen molar-refractivity contribution in [2.45, 2.75) is 51.8 Å². The van der Waals surface area contributed by atoms with E-state index in [1.165, 1.54) is 0 Å². The molecule has 0 aromatic carbocycles. The SMILES string of the molecule is COC(C)(C)CC(C)NC(C)CN(C)C. The molecule has 0 fully saturated rings. The number of nitrogens with one attached hydrogen (secondary N) is 1. The largest absolute Gasteiger partial charge is 0.379 e. The maximum Gasteiger partial charge on any atom is 0.0637 e. The van der Waals surface area contributed by atoms with Crippen LogP contribution in [0.5, 0.6) is 0 Å². The third-order valence-electron chi connectivity index (χ3n) is 2.56. The fourth-order valence-corrected chi connectivity index (χ4v) is 1.97. The summed E-state index contributed by atoms with van der Waals surface area (Å²) in [7, 11) is 5.97. The van der Waals surface area contributed by atoms with E-state index < -0.39 is 0 Å². The maximum atomic E-state index is 5.42. The van der Waals surface area contributed by atoms with Gasteiger partial charge in [0, 0.05) is 25.7 Å². The molecule has 0 amide bonds. The van der Waals surface area contributed by atoms with Crippen LogP contribution in [0.4, 0.5) is 0 Å². The number of rotatable bonds is 7. The smallest absolute Gasteiger partial charge is 0.0637 e. The first-order valence-corrected chi connectivity index (χ1v) is 5.73. The van der Waals surface area contributed by atoms with Gasteiger partial charge in [-0.05, 0) is 48.2 Å². The molecule has 0 saturated heterocycles. The van der Waals surface area contributed by atoms with Gasteiger partial charge in [0.2, 0.25) is 0 Å². The lowest BCUT2D eigenvalue weighted by Gasteiger charge is -2.29. The molecule has 0 aromatic rings. The molecular formula is C12H28N2O. The monoisotopic (exact) mass is 216 g/mol. The van der Waals surface area contributed by atoms with Crippen molar-refractivity contribution in [2.24, 2.45) is 0 Å². The molecule has 92 valence electrons. The normalized spacial score (nSPS) is 16.8. The number of methoxy groups -OCH3 is 1. The summed E-state index contributed by atoms with van der Waals surface area (Å²) in [6, 6.07) is 0.998. The topological polar surface area (TPSA) is 24.5 Å². The Morgan fingerprint density at radius 3 is 2.13 bits per heavy atom. The lowest BCUT2D eigenvalue weighted by molar-refractivity contribution is 0.00765. The van der Waals surface area contributed by atoms with Gasteiger partial charge in [-0.2, -0.15) is 0 Å². The summed E-state index contributed by atoms with van der Waals surface area (Å²) >= 11 is 0. The van der Waals surface area contributed by atoms with Gasteiger partial charge in [-0.25, -0.2) is 0 Å². The number of likely N-dealkylation sites (N-methyl/N-ethyl adjacent to an activating group) is 1. The van der Waals surface area contributed by atoms with Gasteiger partial charge in [0.05, 0.1) is 5.60 Å². The Kier molecular flexibility index (Phi) is 6.41. The highest BCUT2D eigenvalue weighted by Gasteiger charge is 2.20. The van der Waals surface area contributed by atoms with E-state index in [-0.39, 0.29) is 5.60 Å². The van der Waals surface area contributed by atoms with E-state index in [9.17, 15) is 0 Å². The van der Waals surface area contributed by atoms with Gasteiger partial charge in [0.15, 0.2) is 0 Å². The zero-order chi connectivity index (χ0) is 12.1. The van der Waals surface area contributed by atoms with E-state index in [0.717, 1.165) is 13.0 Å². The van der Waals surface area contributed by atoms with E-state index in [2.05, 4.69) is 52.0 Å². The van der Waals surface area contributed by atoms with Gasteiger partial charge < -0.3 is 15.0 Å². The fraction of sp³-hybridized carbons (Fsp3) is 1.00. The van der Waals surface area contributed by atoms with Gasteiger partial charge in [-0.3, -0.25) is 0 Å². The number of hydrogen-bond acceptors (Lipinski definition) is 3.